The molecule has 0 atom stereocenters. The number of hydrogen-bond acceptors (Lipinski definition) is 5. The van der Waals surface area contributed by atoms with Gasteiger partial charge in [-0.15, -0.1) is 0 Å². The average molecular weight is 320 g/mol. The molecule has 0 aliphatic carbocycles. The molecule has 1 fully saturated rings. The van der Waals surface area contributed by atoms with Crippen LogP contribution >= 0.6 is 0 Å². The summed E-state index contributed by atoms with van der Waals surface area (Å²) in [6.07, 6.45) is 4.39. The molecule has 6 heteroatoms. The van der Waals surface area contributed by atoms with Gasteiger partial charge in [-0.25, -0.2) is 9.97 Å². The molecule has 2 rings (SSSR count). The first kappa shape index (κ1) is 17.7. The molecule has 23 heavy (non-hydrogen) atoms. The minimum Gasteiger partial charge on any atom is -0.396 e. The van der Waals surface area contributed by atoms with E-state index in [4.69, 9.17) is 5.11 Å². The van der Waals surface area contributed by atoms with Gasteiger partial charge in [-0.1, -0.05) is 0 Å². The lowest BCUT2D eigenvalue weighted by atomic mass is 9.96. The molecule has 1 amide bonds. The Morgan fingerprint density at radius 3 is 2.48 bits per heavy atom. The van der Waals surface area contributed by atoms with Crippen LogP contribution in [-0.2, 0) is 4.79 Å². The second-order valence-corrected chi connectivity index (χ2v) is 6.29. The van der Waals surface area contributed by atoms with E-state index in [2.05, 4.69) is 20.2 Å². The Morgan fingerprint density at radius 1 is 1.22 bits per heavy atom. The molecule has 2 heterocycles. The molecule has 1 aliphatic rings. The molecule has 1 saturated heterocycles. The zero-order chi connectivity index (χ0) is 16.7. The van der Waals surface area contributed by atoms with Crippen molar-refractivity contribution in [1.29, 1.82) is 0 Å². The molecule has 0 spiro atoms. The number of anilines is 1. The minimum atomic E-state index is 0.0926. The van der Waals surface area contributed by atoms with Crippen LogP contribution in [0.3, 0.4) is 0 Å². The fraction of sp³-hybridized carbons (Fsp3) is 0.706. The summed E-state index contributed by atoms with van der Waals surface area (Å²) in [5.74, 6) is 1.04. The topological polar surface area (TPSA) is 78.4 Å². The Balaban J connectivity index is 1.76. The number of amides is 1. The predicted octanol–water partition coefficient (Wildman–Crippen LogP) is 1.59. The van der Waals surface area contributed by atoms with Gasteiger partial charge in [-0.05, 0) is 52.0 Å². The summed E-state index contributed by atoms with van der Waals surface area (Å²) in [6, 6.07) is 1.97. The Labute approximate surface area is 138 Å². The average Bonchev–Trinajstić information content (AvgIpc) is 2.54. The molecular formula is C17H28N4O2. The minimum absolute atomic E-state index is 0.0926. The molecule has 6 nitrogen and oxygen atoms in total. The van der Waals surface area contributed by atoms with Crippen LogP contribution in [0.15, 0.2) is 6.07 Å². The van der Waals surface area contributed by atoms with Gasteiger partial charge in [0.05, 0.1) is 0 Å². The van der Waals surface area contributed by atoms with Crippen LogP contribution in [0.25, 0.3) is 0 Å². The third kappa shape index (κ3) is 5.46. The molecule has 0 radical (unpaired) electrons. The number of carbonyl (C=O) groups is 1. The lowest BCUT2D eigenvalue weighted by molar-refractivity contribution is -0.125. The van der Waals surface area contributed by atoms with E-state index < -0.39 is 0 Å². The van der Waals surface area contributed by atoms with Crippen molar-refractivity contribution in [2.75, 3.05) is 31.1 Å². The fourth-order valence-electron chi connectivity index (χ4n) is 2.96. The first-order chi connectivity index (χ1) is 11.1. The molecule has 0 aromatic carbocycles. The zero-order valence-electron chi connectivity index (χ0n) is 14.2. The van der Waals surface area contributed by atoms with E-state index >= 15 is 0 Å². The van der Waals surface area contributed by atoms with Crippen molar-refractivity contribution in [2.24, 2.45) is 5.92 Å². The largest absolute Gasteiger partial charge is 0.396 e. The lowest BCUT2D eigenvalue weighted by Crippen LogP contribution is -2.41. The number of aryl methyl sites for hydroxylation is 2. The number of rotatable bonds is 7. The summed E-state index contributed by atoms with van der Waals surface area (Å²) in [7, 11) is 0. The number of aromatic nitrogens is 2. The van der Waals surface area contributed by atoms with Crippen LogP contribution in [0.2, 0.25) is 0 Å². The first-order valence-electron chi connectivity index (χ1n) is 8.56. The van der Waals surface area contributed by atoms with E-state index in [1.807, 2.05) is 19.9 Å². The van der Waals surface area contributed by atoms with Crippen molar-refractivity contribution >= 4 is 11.9 Å². The van der Waals surface area contributed by atoms with Gasteiger partial charge < -0.3 is 15.3 Å². The normalized spacial score (nSPS) is 15.7. The van der Waals surface area contributed by atoms with E-state index in [1.165, 1.54) is 0 Å². The van der Waals surface area contributed by atoms with Crippen LogP contribution in [0.4, 0.5) is 5.95 Å². The Morgan fingerprint density at radius 2 is 1.87 bits per heavy atom. The van der Waals surface area contributed by atoms with Gasteiger partial charge in [-0.2, -0.15) is 0 Å². The van der Waals surface area contributed by atoms with Gasteiger partial charge in [0.25, 0.3) is 0 Å². The van der Waals surface area contributed by atoms with Crippen molar-refractivity contribution in [3.05, 3.63) is 17.5 Å². The fourth-order valence-corrected chi connectivity index (χ4v) is 2.96. The van der Waals surface area contributed by atoms with Crippen LogP contribution in [0.5, 0.6) is 0 Å². The highest BCUT2D eigenvalue weighted by Gasteiger charge is 2.26. The van der Waals surface area contributed by atoms with Crippen LogP contribution < -0.4 is 10.2 Å². The number of unbranched alkanes of at least 4 members (excludes halogenated alkanes) is 2. The number of nitrogens with one attached hydrogen (secondary N) is 1. The molecule has 1 aromatic rings. The Kier molecular flexibility index (Phi) is 6.77. The van der Waals surface area contributed by atoms with E-state index in [0.717, 1.165) is 62.5 Å². The summed E-state index contributed by atoms with van der Waals surface area (Å²) in [5.41, 5.74) is 1.96. The number of aliphatic hydroxyl groups is 1. The predicted molar refractivity (Wildman–Crippen MR) is 90.4 cm³/mol. The molecule has 1 aliphatic heterocycles. The summed E-state index contributed by atoms with van der Waals surface area (Å²) in [5, 5.41) is 11.7. The van der Waals surface area contributed by atoms with E-state index in [-0.39, 0.29) is 18.4 Å². The van der Waals surface area contributed by atoms with E-state index in [0.29, 0.717) is 6.54 Å². The number of hydrogen-bond donors (Lipinski definition) is 2. The maximum Gasteiger partial charge on any atom is 0.225 e. The SMILES string of the molecule is Cc1cc(C)nc(N2CCC(C(=O)NCCCCCO)CC2)n1. The summed E-state index contributed by atoms with van der Waals surface area (Å²) in [6.45, 7) is 6.55. The van der Waals surface area contributed by atoms with Gasteiger partial charge in [0.2, 0.25) is 11.9 Å². The third-order valence-electron chi connectivity index (χ3n) is 4.25. The van der Waals surface area contributed by atoms with Gasteiger partial charge in [0.1, 0.15) is 0 Å². The Hall–Kier alpha value is -1.69. The molecule has 0 bridgehead atoms. The molecule has 2 N–H and O–H groups in total. The van der Waals surface area contributed by atoms with Crippen LogP contribution in [0, 0.1) is 19.8 Å². The highest BCUT2D eigenvalue weighted by atomic mass is 16.2. The molecule has 1 aromatic heterocycles. The van der Waals surface area contributed by atoms with E-state index in [9.17, 15) is 4.79 Å². The summed E-state index contributed by atoms with van der Waals surface area (Å²) >= 11 is 0. The van der Waals surface area contributed by atoms with Gasteiger partial charge >= 0.3 is 0 Å². The maximum absolute atomic E-state index is 12.2. The lowest BCUT2D eigenvalue weighted by Gasteiger charge is -2.31. The second-order valence-electron chi connectivity index (χ2n) is 6.29. The van der Waals surface area contributed by atoms with Gasteiger partial charge in [0.15, 0.2) is 0 Å². The summed E-state index contributed by atoms with van der Waals surface area (Å²) < 4.78 is 0. The molecular weight excluding hydrogens is 292 g/mol. The third-order valence-corrected chi connectivity index (χ3v) is 4.25. The van der Waals surface area contributed by atoms with Crippen molar-refractivity contribution in [3.8, 4) is 0 Å². The monoisotopic (exact) mass is 320 g/mol. The van der Waals surface area contributed by atoms with Crippen molar-refractivity contribution < 1.29 is 9.90 Å². The number of piperidine rings is 1. The first-order valence-corrected chi connectivity index (χ1v) is 8.56. The number of aliphatic hydroxyl groups excluding tert-OH is 1. The van der Waals surface area contributed by atoms with Gasteiger partial charge in [-0.3, -0.25) is 4.79 Å². The molecule has 0 saturated carbocycles. The molecule has 0 unspecified atom stereocenters. The van der Waals surface area contributed by atoms with Crippen molar-refractivity contribution in [3.63, 3.8) is 0 Å². The highest BCUT2D eigenvalue weighted by molar-refractivity contribution is 5.78. The quantitative estimate of drug-likeness (QED) is 0.746. The molecule has 128 valence electrons. The smallest absolute Gasteiger partial charge is 0.225 e. The summed E-state index contributed by atoms with van der Waals surface area (Å²) in [4.78, 5) is 23.3. The second kappa shape index (κ2) is 8.82. The Bertz CT molecular complexity index is 493. The van der Waals surface area contributed by atoms with Crippen LogP contribution in [0.1, 0.15) is 43.5 Å². The van der Waals surface area contributed by atoms with Crippen molar-refractivity contribution in [2.45, 2.75) is 46.0 Å². The van der Waals surface area contributed by atoms with Gasteiger partial charge in [0, 0.05) is 43.5 Å². The number of nitrogens with zero attached hydrogens (tertiary/aromatic N) is 3. The van der Waals surface area contributed by atoms with E-state index in [1.54, 1.807) is 0 Å². The zero-order valence-corrected chi connectivity index (χ0v) is 14.2. The standard InChI is InChI=1S/C17H28N4O2/c1-13-12-14(2)20-17(19-13)21-9-6-15(7-10-21)16(23)18-8-4-3-5-11-22/h12,15,22H,3-11H2,1-2H3,(H,18,23). The highest BCUT2D eigenvalue weighted by Crippen LogP contribution is 2.21. The van der Waals surface area contributed by atoms with Crippen LogP contribution in [-0.4, -0.2) is 47.2 Å². The van der Waals surface area contributed by atoms with Crippen molar-refractivity contribution in [1.82, 2.24) is 15.3 Å². The maximum atomic E-state index is 12.2. The number of carbonyl (C=O) groups excluding carboxylic acids is 1.